The van der Waals surface area contributed by atoms with E-state index in [1.807, 2.05) is 25.1 Å². The van der Waals surface area contributed by atoms with E-state index in [9.17, 15) is 0 Å². The average molecular weight is 394 g/mol. The lowest BCUT2D eigenvalue weighted by atomic mass is 10.2. The van der Waals surface area contributed by atoms with Crippen LogP contribution in [0.2, 0.25) is 0 Å². The van der Waals surface area contributed by atoms with Crippen LogP contribution in [0.4, 0.5) is 5.69 Å². The lowest BCUT2D eigenvalue weighted by molar-refractivity contribution is 1.18. The summed E-state index contributed by atoms with van der Waals surface area (Å²) in [6, 6.07) is 5.83. The molecule has 0 bridgehead atoms. The van der Waals surface area contributed by atoms with E-state index in [2.05, 4.69) is 80.4 Å². The van der Waals surface area contributed by atoms with Gasteiger partial charge in [-0.15, -0.1) is 12.0 Å². The summed E-state index contributed by atoms with van der Waals surface area (Å²) in [5, 5.41) is 3.10. The average Bonchev–Trinajstić information content (AvgIpc) is 2.75. The van der Waals surface area contributed by atoms with Crippen LogP contribution < -0.4 is 5.32 Å². The van der Waals surface area contributed by atoms with E-state index < -0.39 is 0 Å². The van der Waals surface area contributed by atoms with Crippen molar-refractivity contribution in [3.8, 4) is 71.5 Å². The van der Waals surface area contributed by atoms with Crippen LogP contribution in [-0.2, 0) is 0 Å². The molecule has 0 saturated heterocycles. The number of fused-ring (bicyclic) bond motifs is 1. The first kappa shape index (κ1) is 25.0. The number of nitrogens with one attached hydrogen (secondary N) is 2. The van der Waals surface area contributed by atoms with Gasteiger partial charge in [-0.25, -0.2) is 4.98 Å². The van der Waals surface area contributed by atoms with Gasteiger partial charge in [0.25, 0.3) is 0 Å². The molecule has 0 saturated carbocycles. The van der Waals surface area contributed by atoms with Crippen LogP contribution in [0.5, 0.6) is 0 Å². The van der Waals surface area contributed by atoms with Crippen LogP contribution in [0.1, 0.15) is 22.4 Å². The lowest BCUT2D eigenvalue weighted by Gasteiger charge is -2.03. The Hall–Kier alpha value is -4.97. The highest BCUT2D eigenvalue weighted by Gasteiger charge is 1.98. The molecule has 0 radical (unpaired) electrons. The van der Waals surface area contributed by atoms with Gasteiger partial charge in [-0.3, -0.25) is 4.98 Å². The summed E-state index contributed by atoms with van der Waals surface area (Å²) >= 11 is 0. The van der Waals surface area contributed by atoms with Crippen molar-refractivity contribution in [2.24, 2.45) is 0 Å². The topological polar surface area (TPSA) is 98.1 Å². The number of benzene rings is 1. The van der Waals surface area contributed by atoms with Crippen molar-refractivity contribution in [2.45, 2.75) is 20.8 Å². The summed E-state index contributed by atoms with van der Waals surface area (Å²) in [6.07, 6.45) is 6.93. The Morgan fingerprint density at radius 1 is 1.03 bits per heavy atom. The summed E-state index contributed by atoms with van der Waals surface area (Å²) in [5.41, 5.74) is 15.9. The van der Waals surface area contributed by atoms with Crippen LogP contribution in [0.15, 0.2) is 24.4 Å². The van der Waals surface area contributed by atoms with Gasteiger partial charge in [0.05, 0.1) is 23.3 Å². The molecule has 1 aromatic heterocycles. The molecule has 0 aliphatic carbocycles. The molecule has 2 aromatic rings. The zero-order valence-electron chi connectivity index (χ0n) is 16.9. The maximum Gasteiger partial charge on any atom is 0.0907 e. The van der Waals surface area contributed by atoms with Crippen LogP contribution in [0.3, 0.4) is 0 Å². The molecule has 148 valence electrons. The fraction of sp³-hybridized carbons (Fsp3) is 0.167. The zero-order chi connectivity index (χ0) is 22.5. The molecule has 6 nitrogen and oxygen atoms in total. The molecule has 0 amide bonds. The minimum absolute atomic E-state index is 0. The van der Waals surface area contributed by atoms with Crippen molar-refractivity contribution in [2.75, 3.05) is 11.9 Å². The number of hydrogen-bond donors (Lipinski definition) is 2. The molecular weight excluding hydrogens is 372 g/mol. The van der Waals surface area contributed by atoms with Crippen molar-refractivity contribution < 1.29 is 2.85 Å². The van der Waals surface area contributed by atoms with Crippen molar-refractivity contribution >= 4 is 16.7 Å². The first-order chi connectivity index (χ1) is 14.6. The Morgan fingerprint density at radius 2 is 1.57 bits per heavy atom. The Labute approximate surface area is 180 Å². The van der Waals surface area contributed by atoms with Gasteiger partial charge in [-0.1, -0.05) is 17.8 Å². The number of rotatable bonds is 2. The maximum absolute atomic E-state index is 6.86. The fourth-order valence-corrected chi connectivity index (χ4v) is 1.68. The molecule has 0 aliphatic rings. The summed E-state index contributed by atoms with van der Waals surface area (Å²) in [7, 11) is 0. The van der Waals surface area contributed by atoms with Crippen LogP contribution in [0, 0.1) is 84.0 Å². The first-order valence-corrected chi connectivity index (χ1v) is 8.38. The van der Waals surface area contributed by atoms with E-state index in [1.165, 1.54) is 0 Å². The molecule has 2 N–H and O–H groups in total. The van der Waals surface area contributed by atoms with E-state index in [0.29, 0.717) is 6.54 Å². The highest BCUT2D eigenvalue weighted by atomic mass is 15.0. The second-order valence-electron chi connectivity index (χ2n) is 4.87. The van der Waals surface area contributed by atoms with Crippen LogP contribution >= 0.6 is 0 Å². The molecular formula is C24H22N6. The van der Waals surface area contributed by atoms with Crippen molar-refractivity contribution in [1.29, 1.82) is 5.53 Å². The molecule has 2 rings (SSSR count). The molecule has 30 heavy (non-hydrogen) atoms. The summed E-state index contributed by atoms with van der Waals surface area (Å²) in [5.74, 6) is 28.1. The number of aryl methyl sites for hydroxylation is 1. The van der Waals surface area contributed by atoms with Crippen LogP contribution in [-0.4, -0.2) is 16.5 Å². The van der Waals surface area contributed by atoms with E-state index in [1.54, 1.807) is 25.0 Å². The van der Waals surface area contributed by atoms with E-state index >= 15 is 0 Å². The Kier molecular flexibility index (Phi) is 14.6. The van der Waals surface area contributed by atoms with Gasteiger partial charge in [0.15, 0.2) is 0 Å². The van der Waals surface area contributed by atoms with Gasteiger partial charge in [0, 0.05) is 14.7 Å². The molecule has 1 heterocycles. The van der Waals surface area contributed by atoms with Gasteiger partial charge in [-0.2, -0.15) is 0 Å². The smallest absolute Gasteiger partial charge is 0.0907 e. The Balaban J connectivity index is -0.000000452. The largest absolute Gasteiger partial charge is 0.374 e. The second kappa shape index (κ2) is 17.4. The molecule has 0 unspecified atom stereocenters. The monoisotopic (exact) mass is 394 g/mol. The second-order valence-corrected chi connectivity index (χ2v) is 4.87. The third-order valence-electron chi connectivity index (χ3n) is 2.74. The third kappa shape index (κ3) is 12.4. The van der Waals surface area contributed by atoms with Gasteiger partial charge in [0.1, 0.15) is 0 Å². The number of aromatic nitrogens is 2. The van der Waals surface area contributed by atoms with Crippen molar-refractivity contribution in [3.63, 3.8) is 0 Å². The summed E-state index contributed by atoms with van der Waals surface area (Å²) in [6.45, 7) is 5.89. The minimum atomic E-state index is 0. The van der Waals surface area contributed by atoms with Gasteiger partial charge in [0.2, 0.25) is 0 Å². The van der Waals surface area contributed by atoms with E-state index in [-0.39, 0.29) is 2.85 Å². The number of anilines is 1. The number of nitrogens with zero attached hydrogens (tertiary/aromatic N) is 4. The highest BCUT2D eigenvalue weighted by Crippen LogP contribution is 2.15. The quantitative estimate of drug-likeness (QED) is 0.342. The zero-order valence-corrected chi connectivity index (χ0v) is 16.9. The predicted octanol–water partition coefficient (Wildman–Crippen LogP) is 4.39. The third-order valence-corrected chi connectivity index (χ3v) is 2.74. The lowest BCUT2D eigenvalue weighted by Crippen LogP contribution is -1.98. The molecule has 0 fully saturated rings. The maximum atomic E-state index is 6.86. The normalized spacial score (nSPS) is 6.73. The predicted molar refractivity (Wildman–Crippen MR) is 125 cm³/mol. The number of hydrogen-bond acceptors (Lipinski definition) is 4. The van der Waals surface area contributed by atoms with E-state index in [0.717, 1.165) is 22.4 Å². The van der Waals surface area contributed by atoms with Crippen molar-refractivity contribution in [3.05, 3.63) is 40.5 Å². The first-order valence-electron chi connectivity index (χ1n) is 8.38. The van der Waals surface area contributed by atoms with Crippen molar-refractivity contribution in [1.82, 2.24) is 9.97 Å². The molecule has 0 atom stereocenters. The Morgan fingerprint density at radius 3 is 2.07 bits per heavy atom. The minimum Gasteiger partial charge on any atom is -0.374 e. The van der Waals surface area contributed by atoms with Crippen LogP contribution in [0.25, 0.3) is 21.5 Å². The SMILES string of the molecule is C#CCNc1ccc2nc(C)cnc2c1.CC#CC#CC#CC#CC#CC.[HH].[HH].[N-]=[N+]=N. The fourth-order valence-electron chi connectivity index (χ4n) is 1.68. The standard InChI is InChI=1S/C12H11N3.C12H6.HN3.2H2/c1-3-6-13-10-4-5-11-12(7-10)14-8-9(2)15-11;1-3-5-7-9-11-12-10-8-6-4-2;1-3-2;;/h1,4-5,7-8,13H,6H2,2H3;1-2H3;1H;2*1H. The van der Waals surface area contributed by atoms with Gasteiger partial charge >= 0.3 is 0 Å². The van der Waals surface area contributed by atoms with Gasteiger partial charge in [-0.05, 0) is 96.8 Å². The van der Waals surface area contributed by atoms with Gasteiger partial charge < -0.3 is 5.32 Å². The Bertz CT molecular complexity index is 1200. The highest BCUT2D eigenvalue weighted by molar-refractivity contribution is 5.78. The molecule has 6 heteroatoms. The summed E-state index contributed by atoms with van der Waals surface area (Å²) < 4.78 is 0. The molecule has 0 aliphatic heterocycles. The number of terminal acetylenes is 1. The molecule has 1 aromatic carbocycles. The van der Waals surface area contributed by atoms with E-state index in [4.69, 9.17) is 17.5 Å². The molecule has 0 spiro atoms. The summed E-state index contributed by atoms with van der Waals surface area (Å²) in [4.78, 5) is 10.4.